The second kappa shape index (κ2) is 6.77. The van der Waals surface area contributed by atoms with E-state index in [0.717, 1.165) is 19.1 Å². The second-order valence-electron chi connectivity index (χ2n) is 4.88. The molecule has 0 aliphatic heterocycles. The first-order chi connectivity index (χ1) is 8.38. The van der Waals surface area contributed by atoms with Gasteiger partial charge in [-0.05, 0) is 37.2 Å². The van der Waals surface area contributed by atoms with Gasteiger partial charge in [-0.15, -0.1) is 0 Å². The number of rotatable bonds is 5. The average molecular weight is 234 g/mol. The number of methoxy groups -OCH3 is 1. The monoisotopic (exact) mass is 234 g/mol. The van der Waals surface area contributed by atoms with Crippen molar-refractivity contribution in [3.8, 4) is 0 Å². The van der Waals surface area contributed by atoms with Crippen molar-refractivity contribution in [3.63, 3.8) is 0 Å². The predicted molar refractivity (Wildman–Crippen MR) is 68.9 cm³/mol. The summed E-state index contributed by atoms with van der Waals surface area (Å²) in [4.78, 5) is 0. The molecule has 2 rings (SSSR count). The zero-order valence-electron chi connectivity index (χ0n) is 10.6. The van der Waals surface area contributed by atoms with E-state index in [-0.39, 0.29) is 0 Å². The number of hydrogen-bond donors (Lipinski definition) is 0. The highest BCUT2D eigenvalue weighted by molar-refractivity contribution is 5.13. The highest BCUT2D eigenvalue weighted by Crippen LogP contribution is 2.26. The molecule has 0 radical (unpaired) electrons. The van der Waals surface area contributed by atoms with Crippen LogP contribution in [0.15, 0.2) is 30.3 Å². The summed E-state index contributed by atoms with van der Waals surface area (Å²) in [5.41, 5.74) is 1.26. The summed E-state index contributed by atoms with van der Waals surface area (Å²) in [5.74, 6) is 0.727. The Bertz CT molecular complexity index is 302. The van der Waals surface area contributed by atoms with Crippen LogP contribution in [0.3, 0.4) is 0 Å². The van der Waals surface area contributed by atoms with Crippen LogP contribution in [0.1, 0.15) is 31.2 Å². The molecular formula is C15H22O2. The molecule has 0 amide bonds. The molecule has 94 valence electrons. The molecule has 0 spiro atoms. The fourth-order valence-corrected chi connectivity index (χ4v) is 2.45. The summed E-state index contributed by atoms with van der Waals surface area (Å²) in [5, 5.41) is 0. The van der Waals surface area contributed by atoms with Crippen molar-refractivity contribution in [2.45, 2.75) is 38.4 Å². The van der Waals surface area contributed by atoms with Gasteiger partial charge < -0.3 is 9.47 Å². The summed E-state index contributed by atoms with van der Waals surface area (Å²) in [6.45, 7) is 1.64. The van der Waals surface area contributed by atoms with Crippen molar-refractivity contribution in [1.29, 1.82) is 0 Å². The van der Waals surface area contributed by atoms with Gasteiger partial charge in [0.05, 0.1) is 12.7 Å². The lowest BCUT2D eigenvalue weighted by atomic mass is 9.88. The average Bonchev–Trinajstić information content (AvgIpc) is 2.41. The molecule has 0 aromatic heterocycles. The third-order valence-electron chi connectivity index (χ3n) is 3.59. The van der Waals surface area contributed by atoms with Crippen molar-refractivity contribution in [2.75, 3.05) is 13.7 Å². The van der Waals surface area contributed by atoms with Crippen LogP contribution in [0, 0.1) is 5.92 Å². The predicted octanol–water partition coefficient (Wildman–Crippen LogP) is 3.41. The van der Waals surface area contributed by atoms with E-state index < -0.39 is 0 Å². The Balaban J connectivity index is 1.63. The van der Waals surface area contributed by atoms with Crippen LogP contribution in [-0.4, -0.2) is 19.8 Å². The zero-order chi connectivity index (χ0) is 11.9. The van der Waals surface area contributed by atoms with Crippen molar-refractivity contribution < 1.29 is 9.47 Å². The first-order valence-electron chi connectivity index (χ1n) is 6.53. The molecule has 17 heavy (non-hydrogen) atoms. The van der Waals surface area contributed by atoms with Crippen LogP contribution in [0.25, 0.3) is 0 Å². The summed E-state index contributed by atoms with van der Waals surface area (Å²) in [6.07, 6.45) is 5.35. The molecule has 0 heterocycles. The molecule has 0 atom stereocenters. The molecule has 0 unspecified atom stereocenters. The summed E-state index contributed by atoms with van der Waals surface area (Å²) in [7, 11) is 1.82. The maximum Gasteiger partial charge on any atom is 0.0717 e. The Labute approximate surface area is 104 Å². The maximum atomic E-state index is 5.79. The van der Waals surface area contributed by atoms with Gasteiger partial charge in [0, 0.05) is 13.7 Å². The van der Waals surface area contributed by atoms with E-state index in [1.165, 1.54) is 31.2 Å². The minimum Gasteiger partial charge on any atom is -0.381 e. The van der Waals surface area contributed by atoms with Gasteiger partial charge in [-0.2, -0.15) is 0 Å². The maximum absolute atomic E-state index is 5.79. The van der Waals surface area contributed by atoms with Crippen LogP contribution in [0.4, 0.5) is 0 Å². The number of benzene rings is 1. The van der Waals surface area contributed by atoms with E-state index in [1.54, 1.807) is 0 Å². The summed E-state index contributed by atoms with van der Waals surface area (Å²) in [6, 6.07) is 10.4. The van der Waals surface area contributed by atoms with Gasteiger partial charge in [0.2, 0.25) is 0 Å². The third-order valence-corrected chi connectivity index (χ3v) is 3.59. The SMILES string of the molecule is COC1CCC(COCc2ccccc2)CC1. The van der Waals surface area contributed by atoms with E-state index in [4.69, 9.17) is 9.47 Å². The van der Waals surface area contributed by atoms with Crippen LogP contribution in [-0.2, 0) is 16.1 Å². The highest BCUT2D eigenvalue weighted by Gasteiger charge is 2.20. The number of ether oxygens (including phenoxy) is 2. The lowest BCUT2D eigenvalue weighted by molar-refractivity contribution is 0.0241. The molecule has 1 aromatic carbocycles. The Morgan fingerprint density at radius 1 is 1.06 bits per heavy atom. The van der Waals surface area contributed by atoms with E-state index in [9.17, 15) is 0 Å². The van der Waals surface area contributed by atoms with Crippen molar-refractivity contribution in [2.24, 2.45) is 5.92 Å². The molecule has 0 saturated heterocycles. The minimum absolute atomic E-state index is 0.486. The van der Waals surface area contributed by atoms with Gasteiger partial charge in [0.25, 0.3) is 0 Å². The molecule has 2 nitrogen and oxygen atoms in total. The molecule has 1 fully saturated rings. The van der Waals surface area contributed by atoms with Crippen LogP contribution in [0.5, 0.6) is 0 Å². The van der Waals surface area contributed by atoms with Crippen molar-refractivity contribution in [3.05, 3.63) is 35.9 Å². The Kier molecular flexibility index (Phi) is 5.02. The Morgan fingerprint density at radius 3 is 2.41 bits per heavy atom. The topological polar surface area (TPSA) is 18.5 Å². The fourth-order valence-electron chi connectivity index (χ4n) is 2.45. The van der Waals surface area contributed by atoms with Crippen molar-refractivity contribution >= 4 is 0 Å². The summed E-state index contributed by atoms with van der Waals surface area (Å²) < 4.78 is 11.2. The highest BCUT2D eigenvalue weighted by atomic mass is 16.5. The molecule has 0 N–H and O–H groups in total. The largest absolute Gasteiger partial charge is 0.381 e. The Morgan fingerprint density at radius 2 is 1.76 bits per heavy atom. The molecular weight excluding hydrogens is 212 g/mol. The van der Waals surface area contributed by atoms with Crippen LogP contribution >= 0.6 is 0 Å². The van der Waals surface area contributed by atoms with E-state index >= 15 is 0 Å². The standard InChI is InChI=1S/C15H22O2/c1-16-15-9-7-14(8-10-15)12-17-11-13-5-3-2-4-6-13/h2-6,14-15H,7-12H2,1H3. The molecule has 0 bridgehead atoms. The molecule has 1 aromatic rings. The minimum atomic E-state index is 0.486. The smallest absolute Gasteiger partial charge is 0.0717 e. The van der Waals surface area contributed by atoms with Crippen LogP contribution in [0.2, 0.25) is 0 Å². The van der Waals surface area contributed by atoms with E-state index in [1.807, 2.05) is 13.2 Å². The zero-order valence-corrected chi connectivity index (χ0v) is 10.6. The summed E-state index contributed by atoms with van der Waals surface area (Å²) >= 11 is 0. The van der Waals surface area contributed by atoms with Gasteiger partial charge in [-0.25, -0.2) is 0 Å². The Hall–Kier alpha value is -0.860. The van der Waals surface area contributed by atoms with Gasteiger partial charge >= 0.3 is 0 Å². The third kappa shape index (κ3) is 4.14. The lowest BCUT2D eigenvalue weighted by Gasteiger charge is -2.27. The first kappa shape index (κ1) is 12.6. The van der Waals surface area contributed by atoms with Gasteiger partial charge in [-0.3, -0.25) is 0 Å². The molecule has 1 aliphatic rings. The molecule has 2 heteroatoms. The quantitative estimate of drug-likeness (QED) is 0.777. The van der Waals surface area contributed by atoms with Gasteiger partial charge in [-0.1, -0.05) is 30.3 Å². The normalized spacial score (nSPS) is 24.8. The van der Waals surface area contributed by atoms with Gasteiger partial charge in [0.1, 0.15) is 0 Å². The van der Waals surface area contributed by atoms with Crippen molar-refractivity contribution in [1.82, 2.24) is 0 Å². The van der Waals surface area contributed by atoms with Crippen LogP contribution < -0.4 is 0 Å². The first-order valence-corrected chi connectivity index (χ1v) is 6.53. The van der Waals surface area contributed by atoms with E-state index in [2.05, 4.69) is 24.3 Å². The number of hydrogen-bond acceptors (Lipinski definition) is 2. The molecule has 1 aliphatic carbocycles. The second-order valence-corrected chi connectivity index (χ2v) is 4.88. The fraction of sp³-hybridized carbons (Fsp3) is 0.600. The lowest BCUT2D eigenvalue weighted by Crippen LogP contribution is -2.23. The molecule has 1 saturated carbocycles. The van der Waals surface area contributed by atoms with E-state index in [0.29, 0.717) is 6.10 Å². The van der Waals surface area contributed by atoms with Gasteiger partial charge in [0.15, 0.2) is 0 Å².